The number of nitrogens with zero attached hydrogens (tertiary/aromatic N) is 2. The molecule has 0 amide bonds. The Labute approximate surface area is 158 Å². The Morgan fingerprint density at radius 1 is 1.04 bits per heavy atom. The number of hydrogen-bond donors (Lipinski definition) is 2. The van der Waals surface area contributed by atoms with E-state index in [4.69, 9.17) is 4.74 Å². The third-order valence-corrected chi connectivity index (χ3v) is 4.45. The number of nitrogens with one attached hydrogen (secondary N) is 2. The van der Waals surface area contributed by atoms with E-state index in [2.05, 4.69) is 20.0 Å². The van der Waals surface area contributed by atoms with Crippen molar-refractivity contribution in [1.29, 1.82) is 0 Å². The number of methoxy groups -OCH3 is 1. The number of aryl methyl sites for hydroxylation is 1. The molecule has 3 rings (SSSR count). The molecule has 0 unspecified atom stereocenters. The third-order valence-electron chi connectivity index (χ3n) is 3.86. The molecule has 2 N–H and O–H groups in total. The minimum atomic E-state index is -3.36. The molecule has 27 heavy (non-hydrogen) atoms. The lowest BCUT2D eigenvalue weighted by Gasteiger charge is -2.12. The lowest BCUT2D eigenvalue weighted by Crippen LogP contribution is -2.10. The first-order valence-electron chi connectivity index (χ1n) is 8.16. The molecule has 0 fully saturated rings. The van der Waals surface area contributed by atoms with Gasteiger partial charge in [0.05, 0.1) is 24.7 Å². The molecule has 8 heteroatoms. The molecule has 0 aliphatic rings. The maximum atomic E-state index is 11.5. The van der Waals surface area contributed by atoms with Gasteiger partial charge in [-0.1, -0.05) is 18.2 Å². The zero-order chi connectivity index (χ0) is 19.4. The Morgan fingerprint density at radius 3 is 2.56 bits per heavy atom. The van der Waals surface area contributed by atoms with Crippen LogP contribution < -0.4 is 14.8 Å². The molecule has 0 aliphatic carbocycles. The van der Waals surface area contributed by atoms with Gasteiger partial charge in [-0.25, -0.2) is 18.4 Å². The van der Waals surface area contributed by atoms with Crippen LogP contribution in [0.25, 0.3) is 11.3 Å². The Kier molecular flexibility index (Phi) is 5.27. The fraction of sp³-hybridized carbons (Fsp3) is 0.158. The number of anilines is 3. The monoisotopic (exact) mass is 384 g/mol. The van der Waals surface area contributed by atoms with Gasteiger partial charge in [0, 0.05) is 17.3 Å². The van der Waals surface area contributed by atoms with Crippen molar-refractivity contribution in [2.45, 2.75) is 6.92 Å². The summed E-state index contributed by atoms with van der Waals surface area (Å²) in [6, 6.07) is 14.8. The summed E-state index contributed by atoms with van der Waals surface area (Å²) >= 11 is 0. The standard InChI is InChI=1S/C19H20N4O3S/c1-13-8-9-14(10-16(13)23-27(3,24)25)22-19-11-17(20-12-21-19)15-6-4-5-7-18(15)26-2/h4-12,23H,1-3H3,(H,20,21,22). The Bertz CT molecular complexity index is 1070. The molecule has 0 aliphatic heterocycles. The molecule has 0 saturated carbocycles. The lowest BCUT2D eigenvalue weighted by atomic mass is 10.1. The van der Waals surface area contributed by atoms with E-state index in [1.165, 1.54) is 6.33 Å². The van der Waals surface area contributed by atoms with Gasteiger partial charge in [0.25, 0.3) is 0 Å². The molecule has 0 saturated heterocycles. The SMILES string of the molecule is COc1ccccc1-c1cc(Nc2ccc(C)c(NS(C)(=O)=O)c2)ncn1. The van der Waals surface area contributed by atoms with Crippen LogP contribution in [0.3, 0.4) is 0 Å². The molecule has 0 radical (unpaired) electrons. The molecule has 1 aromatic heterocycles. The van der Waals surface area contributed by atoms with Crippen molar-refractivity contribution in [3.63, 3.8) is 0 Å². The quantitative estimate of drug-likeness (QED) is 0.675. The number of aromatic nitrogens is 2. The van der Waals surface area contributed by atoms with E-state index in [0.717, 1.165) is 23.1 Å². The summed E-state index contributed by atoms with van der Waals surface area (Å²) in [6.07, 6.45) is 2.59. The maximum absolute atomic E-state index is 11.5. The van der Waals surface area contributed by atoms with Crippen LogP contribution in [0.15, 0.2) is 54.9 Å². The van der Waals surface area contributed by atoms with Crippen LogP contribution in [0.2, 0.25) is 0 Å². The van der Waals surface area contributed by atoms with Gasteiger partial charge in [0.2, 0.25) is 10.0 Å². The molecular formula is C19H20N4O3S. The number of hydrogen-bond acceptors (Lipinski definition) is 6. The van der Waals surface area contributed by atoms with Crippen molar-refractivity contribution in [3.05, 3.63) is 60.4 Å². The van der Waals surface area contributed by atoms with Crippen LogP contribution in [-0.2, 0) is 10.0 Å². The molecule has 0 spiro atoms. The predicted molar refractivity (Wildman–Crippen MR) is 107 cm³/mol. The molecule has 2 aromatic carbocycles. The van der Waals surface area contributed by atoms with E-state index in [9.17, 15) is 8.42 Å². The largest absolute Gasteiger partial charge is 0.496 e. The van der Waals surface area contributed by atoms with E-state index in [1.54, 1.807) is 19.2 Å². The summed E-state index contributed by atoms with van der Waals surface area (Å²) in [7, 11) is -1.74. The first-order valence-corrected chi connectivity index (χ1v) is 10.1. The highest BCUT2D eigenvalue weighted by atomic mass is 32.2. The molecule has 1 heterocycles. The second kappa shape index (κ2) is 7.63. The van der Waals surface area contributed by atoms with Gasteiger partial charge in [-0.05, 0) is 36.8 Å². The average Bonchev–Trinajstić information content (AvgIpc) is 2.63. The summed E-state index contributed by atoms with van der Waals surface area (Å²) in [6.45, 7) is 1.84. The average molecular weight is 384 g/mol. The number of rotatable bonds is 6. The fourth-order valence-corrected chi connectivity index (χ4v) is 3.21. The Morgan fingerprint density at radius 2 is 1.81 bits per heavy atom. The maximum Gasteiger partial charge on any atom is 0.229 e. The highest BCUT2D eigenvalue weighted by molar-refractivity contribution is 7.92. The summed E-state index contributed by atoms with van der Waals surface area (Å²) in [4.78, 5) is 8.56. The minimum absolute atomic E-state index is 0.515. The van der Waals surface area contributed by atoms with Crippen LogP contribution in [0.4, 0.5) is 17.2 Å². The number of ether oxygens (including phenoxy) is 1. The third kappa shape index (κ3) is 4.73. The van der Waals surface area contributed by atoms with Crippen molar-refractivity contribution in [2.24, 2.45) is 0 Å². The fourth-order valence-electron chi connectivity index (χ4n) is 2.59. The van der Waals surface area contributed by atoms with Gasteiger partial charge in [0.1, 0.15) is 17.9 Å². The second-order valence-electron chi connectivity index (χ2n) is 6.02. The smallest absolute Gasteiger partial charge is 0.229 e. The van der Waals surface area contributed by atoms with Crippen LogP contribution in [-0.4, -0.2) is 31.8 Å². The minimum Gasteiger partial charge on any atom is -0.496 e. The topological polar surface area (TPSA) is 93.2 Å². The predicted octanol–water partition coefficient (Wildman–Crippen LogP) is 3.58. The van der Waals surface area contributed by atoms with Gasteiger partial charge >= 0.3 is 0 Å². The summed E-state index contributed by atoms with van der Waals surface area (Å²) in [5.74, 6) is 1.30. The number of sulfonamides is 1. The lowest BCUT2D eigenvalue weighted by molar-refractivity contribution is 0.416. The number of para-hydroxylation sites is 1. The molecule has 140 valence electrons. The van der Waals surface area contributed by atoms with Gasteiger partial charge < -0.3 is 10.1 Å². The van der Waals surface area contributed by atoms with E-state index < -0.39 is 10.0 Å². The van der Waals surface area contributed by atoms with Crippen molar-refractivity contribution in [2.75, 3.05) is 23.4 Å². The first-order chi connectivity index (χ1) is 12.9. The highest BCUT2D eigenvalue weighted by Gasteiger charge is 2.09. The van der Waals surface area contributed by atoms with Crippen LogP contribution in [0.5, 0.6) is 5.75 Å². The number of benzene rings is 2. The first kappa shape index (κ1) is 18.7. The Hall–Kier alpha value is -3.13. The van der Waals surface area contributed by atoms with E-state index >= 15 is 0 Å². The van der Waals surface area contributed by atoms with Crippen LogP contribution in [0, 0.1) is 6.92 Å². The van der Waals surface area contributed by atoms with Crippen molar-refractivity contribution >= 4 is 27.2 Å². The van der Waals surface area contributed by atoms with Crippen molar-refractivity contribution in [1.82, 2.24) is 9.97 Å². The molecule has 3 aromatic rings. The Balaban J connectivity index is 1.90. The molecule has 0 atom stereocenters. The summed E-state index contributed by atoms with van der Waals surface area (Å²) < 4.78 is 30.9. The van der Waals surface area contributed by atoms with Gasteiger partial charge in [-0.2, -0.15) is 0 Å². The molecular weight excluding hydrogens is 364 g/mol. The second-order valence-corrected chi connectivity index (χ2v) is 7.77. The highest BCUT2D eigenvalue weighted by Crippen LogP contribution is 2.30. The summed E-state index contributed by atoms with van der Waals surface area (Å²) in [5, 5.41) is 3.18. The van der Waals surface area contributed by atoms with Crippen LogP contribution >= 0.6 is 0 Å². The molecule has 0 bridgehead atoms. The van der Waals surface area contributed by atoms with Crippen LogP contribution in [0.1, 0.15) is 5.56 Å². The van der Waals surface area contributed by atoms with E-state index in [1.807, 2.05) is 43.3 Å². The van der Waals surface area contributed by atoms with Gasteiger partial charge in [-0.15, -0.1) is 0 Å². The van der Waals surface area contributed by atoms with Crippen molar-refractivity contribution < 1.29 is 13.2 Å². The molecule has 7 nitrogen and oxygen atoms in total. The zero-order valence-electron chi connectivity index (χ0n) is 15.2. The van der Waals surface area contributed by atoms with E-state index in [0.29, 0.717) is 22.9 Å². The summed E-state index contributed by atoms with van der Waals surface area (Å²) in [5.41, 5.74) is 3.61. The zero-order valence-corrected chi connectivity index (χ0v) is 16.0. The van der Waals surface area contributed by atoms with Crippen molar-refractivity contribution in [3.8, 4) is 17.0 Å². The normalized spacial score (nSPS) is 11.1. The van der Waals surface area contributed by atoms with E-state index in [-0.39, 0.29) is 0 Å². The van der Waals surface area contributed by atoms with Gasteiger partial charge in [-0.3, -0.25) is 4.72 Å². The van der Waals surface area contributed by atoms with Gasteiger partial charge in [0.15, 0.2) is 0 Å².